The van der Waals surface area contributed by atoms with Crippen LogP contribution in [0.1, 0.15) is 37.7 Å². The van der Waals surface area contributed by atoms with Gasteiger partial charge in [0.05, 0.1) is 17.3 Å². The average molecular weight is 311 g/mol. The molecule has 0 aliphatic heterocycles. The topological polar surface area (TPSA) is 69.4 Å². The van der Waals surface area contributed by atoms with Crippen LogP contribution in [0.25, 0.3) is 0 Å². The molecular formula is C16H25NO3S. The summed E-state index contributed by atoms with van der Waals surface area (Å²) in [5.41, 5.74) is 6.38. The molecule has 0 aromatic heterocycles. The summed E-state index contributed by atoms with van der Waals surface area (Å²) < 4.78 is 30.0. The Bertz CT molecular complexity index is 536. The Hall–Kier alpha value is -0.910. The summed E-state index contributed by atoms with van der Waals surface area (Å²) >= 11 is 0. The SMILES string of the molecule is NCc1cccc(S(=O)(=O)CCOCC2CCCCC2)c1. The van der Waals surface area contributed by atoms with E-state index < -0.39 is 9.84 Å². The molecule has 0 bridgehead atoms. The third-order valence-electron chi connectivity index (χ3n) is 4.07. The van der Waals surface area contributed by atoms with Crippen LogP contribution < -0.4 is 5.73 Å². The molecule has 21 heavy (non-hydrogen) atoms. The monoisotopic (exact) mass is 311 g/mol. The van der Waals surface area contributed by atoms with Crippen molar-refractivity contribution in [3.8, 4) is 0 Å². The van der Waals surface area contributed by atoms with Gasteiger partial charge in [-0.2, -0.15) is 0 Å². The first-order chi connectivity index (χ1) is 10.1. The molecule has 0 atom stereocenters. The van der Waals surface area contributed by atoms with Crippen molar-refractivity contribution in [1.29, 1.82) is 0 Å². The quantitative estimate of drug-likeness (QED) is 0.786. The summed E-state index contributed by atoms with van der Waals surface area (Å²) in [5.74, 6) is 0.648. The molecule has 0 saturated heterocycles. The highest BCUT2D eigenvalue weighted by molar-refractivity contribution is 7.91. The van der Waals surface area contributed by atoms with E-state index in [4.69, 9.17) is 10.5 Å². The van der Waals surface area contributed by atoms with Crippen molar-refractivity contribution in [1.82, 2.24) is 0 Å². The van der Waals surface area contributed by atoms with Crippen molar-refractivity contribution in [3.63, 3.8) is 0 Å². The zero-order valence-electron chi connectivity index (χ0n) is 12.5. The summed E-state index contributed by atoms with van der Waals surface area (Å²) in [5, 5.41) is 0. The van der Waals surface area contributed by atoms with Crippen LogP contribution in [-0.4, -0.2) is 27.4 Å². The lowest BCUT2D eigenvalue weighted by atomic mass is 9.90. The summed E-state index contributed by atoms with van der Waals surface area (Å²) in [7, 11) is -3.28. The second-order valence-electron chi connectivity index (χ2n) is 5.75. The van der Waals surface area contributed by atoms with E-state index in [1.54, 1.807) is 18.2 Å². The van der Waals surface area contributed by atoms with Crippen LogP contribution in [0.5, 0.6) is 0 Å². The van der Waals surface area contributed by atoms with E-state index in [1.165, 1.54) is 32.1 Å². The van der Waals surface area contributed by atoms with Crippen LogP contribution in [0.3, 0.4) is 0 Å². The average Bonchev–Trinajstić information content (AvgIpc) is 2.53. The molecule has 0 spiro atoms. The summed E-state index contributed by atoms with van der Waals surface area (Å²) in [6.45, 7) is 1.31. The van der Waals surface area contributed by atoms with Crippen molar-refractivity contribution < 1.29 is 13.2 Å². The van der Waals surface area contributed by atoms with Gasteiger partial charge in [-0.05, 0) is 36.5 Å². The van der Waals surface area contributed by atoms with Crippen LogP contribution in [0.2, 0.25) is 0 Å². The standard InChI is InChI=1S/C16H25NO3S/c17-12-15-7-4-8-16(11-15)21(18,19)10-9-20-13-14-5-2-1-3-6-14/h4,7-8,11,14H,1-3,5-6,9-10,12-13,17H2. The minimum Gasteiger partial charge on any atom is -0.380 e. The van der Waals surface area contributed by atoms with E-state index in [2.05, 4.69) is 0 Å². The predicted octanol–water partition coefficient (Wildman–Crippen LogP) is 2.52. The number of ether oxygens (including phenoxy) is 1. The van der Waals surface area contributed by atoms with Gasteiger partial charge < -0.3 is 10.5 Å². The maximum atomic E-state index is 12.2. The van der Waals surface area contributed by atoms with Crippen LogP contribution in [0.15, 0.2) is 29.2 Å². The van der Waals surface area contributed by atoms with E-state index in [0.717, 1.165) is 5.56 Å². The van der Waals surface area contributed by atoms with Gasteiger partial charge in [0.2, 0.25) is 0 Å². The lowest BCUT2D eigenvalue weighted by molar-refractivity contribution is 0.0960. The Balaban J connectivity index is 1.80. The van der Waals surface area contributed by atoms with Gasteiger partial charge in [0.1, 0.15) is 0 Å². The number of benzene rings is 1. The Morgan fingerprint density at radius 1 is 1.19 bits per heavy atom. The van der Waals surface area contributed by atoms with Gasteiger partial charge in [-0.3, -0.25) is 0 Å². The van der Waals surface area contributed by atoms with Crippen LogP contribution in [0.4, 0.5) is 0 Å². The van der Waals surface area contributed by atoms with E-state index in [9.17, 15) is 8.42 Å². The molecule has 2 rings (SSSR count). The van der Waals surface area contributed by atoms with Gasteiger partial charge in [-0.25, -0.2) is 8.42 Å². The molecular weight excluding hydrogens is 286 g/mol. The highest BCUT2D eigenvalue weighted by Crippen LogP contribution is 2.23. The molecule has 1 fully saturated rings. The van der Waals surface area contributed by atoms with Crippen LogP contribution >= 0.6 is 0 Å². The van der Waals surface area contributed by atoms with Crippen molar-refractivity contribution in [3.05, 3.63) is 29.8 Å². The molecule has 118 valence electrons. The molecule has 1 aromatic rings. The molecule has 1 aliphatic carbocycles. The predicted molar refractivity (Wildman–Crippen MR) is 83.8 cm³/mol. The third kappa shape index (κ3) is 5.09. The molecule has 1 saturated carbocycles. The fourth-order valence-corrected chi connectivity index (χ4v) is 3.95. The molecule has 2 N–H and O–H groups in total. The van der Waals surface area contributed by atoms with Gasteiger partial charge in [0.15, 0.2) is 9.84 Å². The Morgan fingerprint density at radius 2 is 1.95 bits per heavy atom. The molecule has 5 heteroatoms. The van der Waals surface area contributed by atoms with E-state index >= 15 is 0 Å². The Morgan fingerprint density at radius 3 is 2.67 bits per heavy atom. The lowest BCUT2D eigenvalue weighted by Crippen LogP contribution is -2.18. The van der Waals surface area contributed by atoms with E-state index in [-0.39, 0.29) is 12.4 Å². The van der Waals surface area contributed by atoms with E-state index in [0.29, 0.717) is 24.0 Å². The van der Waals surface area contributed by atoms with E-state index in [1.807, 2.05) is 6.07 Å². The van der Waals surface area contributed by atoms with Crippen LogP contribution in [-0.2, 0) is 21.1 Å². The minimum atomic E-state index is -3.28. The van der Waals surface area contributed by atoms with Gasteiger partial charge in [-0.15, -0.1) is 0 Å². The van der Waals surface area contributed by atoms with Gasteiger partial charge in [0, 0.05) is 13.2 Å². The number of hydrogen-bond donors (Lipinski definition) is 1. The minimum absolute atomic E-state index is 0.0355. The largest absolute Gasteiger partial charge is 0.380 e. The maximum absolute atomic E-state index is 12.2. The first-order valence-electron chi connectivity index (χ1n) is 7.71. The fraction of sp³-hybridized carbons (Fsp3) is 0.625. The van der Waals surface area contributed by atoms with Crippen molar-refractivity contribution in [2.75, 3.05) is 19.0 Å². The van der Waals surface area contributed by atoms with Crippen molar-refractivity contribution in [2.45, 2.75) is 43.5 Å². The smallest absolute Gasteiger partial charge is 0.180 e. The van der Waals surface area contributed by atoms with Gasteiger partial charge in [-0.1, -0.05) is 31.4 Å². The highest BCUT2D eigenvalue weighted by Gasteiger charge is 2.16. The second kappa shape index (κ2) is 7.92. The van der Waals surface area contributed by atoms with Gasteiger partial charge in [0.25, 0.3) is 0 Å². The number of hydrogen-bond acceptors (Lipinski definition) is 4. The fourth-order valence-electron chi connectivity index (χ4n) is 2.76. The molecule has 1 aliphatic rings. The van der Waals surface area contributed by atoms with Crippen molar-refractivity contribution in [2.24, 2.45) is 11.7 Å². The van der Waals surface area contributed by atoms with Crippen LogP contribution in [0, 0.1) is 5.92 Å². The summed E-state index contributed by atoms with van der Waals surface area (Å²) in [4.78, 5) is 0.340. The molecule has 0 radical (unpaired) electrons. The highest BCUT2D eigenvalue weighted by atomic mass is 32.2. The second-order valence-corrected chi connectivity index (χ2v) is 7.86. The number of nitrogens with two attached hydrogens (primary N) is 1. The first kappa shape index (κ1) is 16.5. The zero-order chi connectivity index (χ0) is 15.1. The molecule has 0 amide bonds. The number of rotatable bonds is 7. The normalized spacial score (nSPS) is 17.0. The van der Waals surface area contributed by atoms with Gasteiger partial charge >= 0.3 is 0 Å². The summed E-state index contributed by atoms with van der Waals surface area (Å²) in [6, 6.07) is 6.84. The zero-order valence-corrected chi connectivity index (χ0v) is 13.3. The third-order valence-corrected chi connectivity index (χ3v) is 5.74. The van der Waals surface area contributed by atoms with Crippen molar-refractivity contribution >= 4 is 9.84 Å². The Kier molecular flexibility index (Phi) is 6.21. The first-order valence-corrected chi connectivity index (χ1v) is 9.36. The molecule has 0 unspecified atom stereocenters. The Labute approximate surface area is 127 Å². The molecule has 1 aromatic carbocycles. The molecule has 0 heterocycles. The number of sulfone groups is 1. The summed E-state index contributed by atoms with van der Waals surface area (Å²) in [6.07, 6.45) is 6.30. The maximum Gasteiger partial charge on any atom is 0.180 e. The molecule has 4 nitrogen and oxygen atoms in total. The lowest BCUT2D eigenvalue weighted by Gasteiger charge is -2.21.